The van der Waals surface area contributed by atoms with Crippen LogP contribution in [0.2, 0.25) is 0 Å². The van der Waals surface area contributed by atoms with E-state index in [1.54, 1.807) is 0 Å². The van der Waals surface area contributed by atoms with Gasteiger partial charge < -0.3 is 4.90 Å². The van der Waals surface area contributed by atoms with Crippen molar-refractivity contribution in [2.45, 2.75) is 26.7 Å². The van der Waals surface area contributed by atoms with E-state index in [1.165, 1.54) is 0 Å². The lowest BCUT2D eigenvalue weighted by Crippen LogP contribution is -2.40. The Bertz CT molecular complexity index is 184. The maximum Gasteiger partial charge on any atom is 0.222 e. The fourth-order valence-corrected chi connectivity index (χ4v) is 1.75. The third-order valence-corrected chi connectivity index (χ3v) is 3.09. The maximum atomic E-state index is 11.5. The van der Waals surface area contributed by atoms with Crippen molar-refractivity contribution in [1.82, 2.24) is 4.90 Å². The molecule has 76 valence electrons. The smallest absolute Gasteiger partial charge is 0.222 e. The minimum Gasteiger partial charge on any atom is -0.342 e. The molecule has 3 heteroatoms. The molecule has 13 heavy (non-hydrogen) atoms. The molecule has 1 fully saturated rings. The second kappa shape index (κ2) is 4.85. The van der Waals surface area contributed by atoms with Gasteiger partial charge in [0.2, 0.25) is 5.91 Å². The lowest BCUT2D eigenvalue weighted by atomic mass is 9.98. The molecule has 1 heterocycles. The molecule has 0 N–H and O–H groups in total. The summed E-state index contributed by atoms with van der Waals surface area (Å²) in [5, 5.41) is 0. The second-order valence-electron chi connectivity index (χ2n) is 4.20. The van der Waals surface area contributed by atoms with Crippen LogP contribution in [-0.2, 0) is 4.79 Å². The highest BCUT2D eigenvalue weighted by molar-refractivity contribution is 6.18. The van der Waals surface area contributed by atoms with E-state index in [1.807, 2.05) is 4.90 Å². The van der Waals surface area contributed by atoms with Gasteiger partial charge in [0, 0.05) is 25.4 Å². The van der Waals surface area contributed by atoms with Gasteiger partial charge >= 0.3 is 0 Å². The minimum absolute atomic E-state index is 0.302. The number of likely N-dealkylation sites (tertiary alicyclic amines) is 1. The molecule has 1 aliphatic rings. The van der Waals surface area contributed by atoms with E-state index in [2.05, 4.69) is 13.8 Å². The number of carbonyl (C=O) groups excluding carboxylic acids is 1. The first-order valence-electron chi connectivity index (χ1n) is 4.97. The summed E-state index contributed by atoms with van der Waals surface area (Å²) in [5.41, 5.74) is 0. The molecule has 1 rings (SSSR count). The van der Waals surface area contributed by atoms with Crippen molar-refractivity contribution in [3.63, 3.8) is 0 Å². The molecule has 1 aliphatic heterocycles. The molecule has 1 amide bonds. The van der Waals surface area contributed by atoms with Crippen LogP contribution in [0.3, 0.4) is 0 Å². The summed E-state index contributed by atoms with van der Waals surface area (Å²) < 4.78 is 0. The fourth-order valence-electron chi connectivity index (χ4n) is 1.65. The predicted octanol–water partition coefficient (Wildman–Crippen LogP) is 2.12. The highest BCUT2D eigenvalue weighted by atomic mass is 35.5. The van der Waals surface area contributed by atoms with Gasteiger partial charge in [-0.25, -0.2) is 0 Å². The number of rotatable bonds is 3. The molecule has 0 aliphatic carbocycles. The van der Waals surface area contributed by atoms with E-state index >= 15 is 0 Å². The zero-order valence-electron chi connectivity index (χ0n) is 8.42. The molecular formula is C10H18ClNO. The molecule has 0 spiro atoms. The zero-order chi connectivity index (χ0) is 9.84. The third-order valence-electron chi connectivity index (χ3n) is 2.56. The summed E-state index contributed by atoms with van der Waals surface area (Å²) in [4.78, 5) is 13.5. The van der Waals surface area contributed by atoms with E-state index in [0.717, 1.165) is 25.9 Å². The predicted molar refractivity (Wildman–Crippen MR) is 54.9 cm³/mol. The first kappa shape index (κ1) is 10.8. The number of hydrogen-bond acceptors (Lipinski definition) is 1. The standard InChI is InChI=1S/C10H18ClNO/c1-8-3-4-12(10(13)5-8)7-9(2)6-11/h8-9H,3-7H2,1-2H3. The van der Waals surface area contributed by atoms with Gasteiger partial charge in [-0.3, -0.25) is 4.79 Å². The fraction of sp³-hybridized carbons (Fsp3) is 0.900. The molecule has 1 saturated heterocycles. The van der Waals surface area contributed by atoms with Gasteiger partial charge in [0.15, 0.2) is 0 Å². The van der Waals surface area contributed by atoms with Crippen molar-refractivity contribution in [2.24, 2.45) is 11.8 Å². The number of hydrogen-bond donors (Lipinski definition) is 0. The van der Waals surface area contributed by atoms with E-state index in [0.29, 0.717) is 23.6 Å². The summed E-state index contributed by atoms with van der Waals surface area (Å²) in [6.07, 6.45) is 1.86. The monoisotopic (exact) mass is 203 g/mol. The van der Waals surface area contributed by atoms with Crippen LogP contribution in [0.1, 0.15) is 26.7 Å². The van der Waals surface area contributed by atoms with Crippen LogP contribution in [0.25, 0.3) is 0 Å². The van der Waals surface area contributed by atoms with Crippen LogP contribution in [0.4, 0.5) is 0 Å². The quantitative estimate of drug-likeness (QED) is 0.644. The Hall–Kier alpha value is -0.240. The number of nitrogens with zero attached hydrogens (tertiary/aromatic N) is 1. The Morgan fingerprint density at radius 1 is 1.69 bits per heavy atom. The summed E-state index contributed by atoms with van der Waals surface area (Å²) in [6, 6.07) is 0. The topological polar surface area (TPSA) is 20.3 Å². The number of alkyl halides is 1. The molecule has 2 atom stereocenters. The van der Waals surface area contributed by atoms with E-state index in [4.69, 9.17) is 11.6 Å². The zero-order valence-corrected chi connectivity index (χ0v) is 9.18. The van der Waals surface area contributed by atoms with Crippen LogP contribution >= 0.6 is 11.6 Å². The third kappa shape index (κ3) is 3.18. The van der Waals surface area contributed by atoms with E-state index in [-0.39, 0.29) is 0 Å². The molecule has 0 aromatic heterocycles. The molecule has 0 aromatic carbocycles. The molecule has 0 aromatic rings. The number of halogens is 1. The lowest BCUT2D eigenvalue weighted by molar-refractivity contribution is -0.135. The van der Waals surface area contributed by atoms with Gasteiger partial charge in [-0.15, -0.1) is 11.6 Å². The molecule has 2 unspecified atom stereocenters. The molecule has 0 saturated carbocycles. The first-order chi connectivity index (χ1) is 6.13. The van der Waals surface area contributed by atoms with E-state index < -0.39 is 0 Å². The Morgan fingerprint density at radius 3 is 2.92 bits per heavy atom. The molecule has 0 bridgehead atoms. The Morgan fingerprint density at radius 2 is 2.38 bits per heavy atom. The van der Waals surface area contributed by atoms with Crippen molar-refractivity contribution >= 4 is 17.5 Å². The van der Waals surface area contributed by atoms with Gasteiger partial charge in [-0.2, -0.15) is 0 Å². The Balaban J connectivity index is 2.38. The second-order valence-corrected chi connectivity index (χ2v) is 4.51. The Labute approximate surface area is 85.2 Å². The van der Waals surface area contributed by atoms with Crippen molar-refractivity contribution in [1.29, 1.82) is 0 Å². The largest absolute Gasteiger partial charge is 0.342 e. The lowest BCUT2D eigenvalue weighted by Gasteiger charge is -2.31. The van der Waals surface area contributed by atoms with Gasteiger partial charge in [0.05, 0.1) is 0 Å². The van der Waals surface area contributed by atoms with Gasteiger partial charge in [0.1, 0.15) is 0 Å². The van der Waals surface area contributed by atoms with Gasteiger partial charge in [-0.1, -0.05) is 13.8 Å². The van der Waals surface area contributed by atoms with Crippen LogP contribution in [-0.4, -0.2) is 29.8 Å². The maximum absolute atomic E-state index is 11.5. The average molecular weight is 204 g/mol. The summed E-state index contributed by atoms with van der Waals surface area (Å²) in [6.45, 7) is 5.97. The minimum atomic E-state index is 0.302. The molecule has 0 radical (unpaired) electrons. The highest BCUT2D eigenvalue weighted by Gasteiger charge is 2.23. The Kier molecular flexibility index (Phi) is 4.04. The average Bonchev–Trinajstić information content (AvgIpc) is 2.09. The number of amides is 1. The van der Waals surface area contributed by atoms with Gasteiger partial charge in [-0.05, 0) is 18.3 Å². The summed E-state index contributed by atoms with van der Waals surface area (Å²) >= 11 is 5.71. The van der Waals surface area contributed by atoms with Crippen molar-refractivity contribution < 1.29 is 4.79 Å². The van der Waals surface area contributed by atoms with Gasteiger partial charge in [0.25, 0.3) is 0 Å². The van der Waals surface area contributed by atoms with Crippen molar-refractivity contribution in [3.8, 4) is 0 Å². The van der Waals surface area contributed by atoms with Crippen LogP contribution in [0.15, 0.2) is 0 Å². The summed E-state index contributed by atoms with van der Waals surface area (Å²) in [7, 11) is 0. The molecular weight excluding hydrogens is 186 g/mol. The van der Waals surface area contributed by atoms with Crippen molar-refractivity contribution in [2.75, 3.05) is 19.0 Å². The number of carbonyl (C=O) groups is 1. The number of piperidine rings is 1. The highest BCUT2D eigenvalue weighted by Crippen LogP contribution is 2.18. The van der Waals surface area contributed by atoms with Crippen molar-refractivity contribution in [3.05, 3.63) is 0 Å². The van der Waals surface area contributed by atoms with Crippen LogP contribution in [0, 0.1) is 11.8 Å². The van der Waals surface area contributed by atoms with E-state index in [9.17, 15) is 4.79 Å². The molecule has 2 nitrogen and oxygen atoms in total. The van der Waals surface area contributed by atoms with Crippen LogP contribution in [0.5, 0.6) is 0 Å². The van der Waals surface area contributed by atoms with Crippen LogP contribution < -0.4 is 0 Å². The first-order valence-corrected chi connectivity index (χ1v) is 5.50. The normalized spacial score (nSPS) is 26.2. The SMILES string of the molecule is CC1CCN(CC(C)CCl)C(=O)C1. The summed E-state index contributed by atoms with van der Waals surface area (Å²) in [5.74, 6) is 1.92.